The van der Waals surface area contributed by atoms with E-state index in [-0.39, 0.29) is 16.1 Å². The summed E-state index contributed by atoms with van der Waals surface area (Å²) in [6.45, 7) is 0. The highest BCUT2D eigenvalue weighted by Crippen LogP contribution is 2.32. The van der Waals surface area contributed by atoms with Crippen LogP contribution in [0.1, 0.15) is 10.4 Å². The van der Waals surface area contributed by atoms with Gasteiger partial charge in [-0.2, -0.15) is 0 Å². The molecule has 168 valence electrons. The van der Waals surface area contributed by atoms with E-state index < -0.39 is 21.7 Å². The zero-order chi connectivity index (χ0) is 23.6. The Bertz CT molecular complexity index is 1440. The molecule has 1 amide bonds. The number of halogens is 3. The van der Waals surface area contributed by atoms with E-state index in [9.17, 15) is 17.6 Å². The van der Waals surface area contributed by atoms with Crippen LogP contribution in [0.3, 0.4) is 0 Å². The van der Waals surface area contributed by atoms with Crippen LogP contribution < -0.4 is 10.0 Å². The molecule has 0 unspecified atom stereocenters. The predicted molar refractivity (Wildman–Crippen MR) is 129 cm³/mol. The Balaban J connectivity index is 1.55. The third-order valence-electron chi connectivity index (χ3n) is 4.47. The summed E-state index contributed by atoms with van der Waals surface area (Å²) in [6.07, 6.45) is 0. The van der Waals surface area contributed by atoms with E-state index >= 15 is 0 Å². The van der Waals surface area contributed by atoms with Gasteiger partial charge in [0.2, 0.25) is 0 Å². The van der Waals surface area contributed by atoms with Crippen molar-refractivity contribution in [2.75, 3.05) is 10.0 Å². The Morgan fingerprint density at radius 3 is 2.45 bits per heavy atom. The van der Waals surface area contributed by atoms with E-state index in [0.717, 1.165) is 24.3 Å². The Morgan fingerprint density at radius 2 is 1.73 bits per heavy atom. The smallest absolute Gasteiger partial charge is 0.261 e. The van der Waals surface area contributed by atoms with Gasteiger partial charge in [0.1, 0.15) is 5.82 Å². The fourth-order valence-electron chi connectivity index (χ4n) is 2.90. The molecule has 0 fully saturated rings. The highest BCUT2D eigenvalue weighted by atomic mass is 35.5. The summed E-state index contributed by atoms with van der Waals surface area (Å²) in [5.41, 5.74) is 1.37. The average Bonchev–Trinajstić information content (AvgIpc) is 3.22. The number of carbonyl (C=O) groups excluding carboxylic acids is 1. The van der Waals surface area contributed by atoms with Crippen LogP contribution in [-0.2, 0) is 10.0 Å². The van der Waals surface area contributed by atoms with Gasteiger partial charge < -0.3 is 0 Å². The molecule has 2 N–H and O–H groups in total. The summed E-state index contributed by atoms with van der Waals surface area (Å²) in [4.78, 5) is 17.1. The number of nitrogens with zero attached hydrogens (tertiary/aromatic N) is 1. The second-order valence-corrected chi connectivity index (χ2v) is 10.1. The van der Waals surface area contributed by atoms with Gasteiger partial charge in [0.05, 0.1) is 26.9 Å². The van der Waals surface area contributed by atoms with E-state index in [1.54, 1.807) is 35.7 Å². The van der Waals surface area contributed by atoms with Gasteiger partial charge in [-0.05, 0) is 54.6 Å². The van der Waals surface area contributed by atoms with Crippen molar-refractivity contribution >= 4 is 61.3 Å². The molecule has 33 heavy (non-hydrogen) atoms. The number of aromatic nitrogens is 1. The summed E-state index contributed by atoms with van der Waals surface area (Å²) >= 11 is 13.3. The first kappa shape index (κ1) is 23.2. The minimum absolute atomic E-state index is 0.0665. The van der Waals surface area contributed by atoms with Crippen molar-refractivity contribution < 1.29 is 17.6 Å². The van der Waals surface area contributed by atoms with Crippen molar-refractivity contribution in [1.82, 2.24) is 4.98 Å². The largest absolute Gasteiger partial charge is 0.298 e. The second-order valence-electron chi connectivity index (χ2n) is 6.72. The van der Waals surface area contributed by atoms with E-state index in [4.69, 9.17) is 23.2 Å². The van der Waals surface area contributed by atoms with E-state index in [2.05, 4.69) is 15.0 Å². The molecule has 0 saturated heterocycles. The quantitative estimate of drug-likeness (QED) is 0.311. The number of rotatable bonds is 6. The average molecular weight is 522 g/mol. The number of amides is 1. The van der Waals surface area contributed by atoms with Crippen molar-refractivity contribution in [3.63, 3.8) is 0 Å². The summed E-state index contributed by atoms with van der Waals surface area (Å²) in [7, 11) is -4.03. The number of thiazole rings is 1. The molecular weight excluding hydrogens is 508 g/mol. The number of hydrogen-bond donors (Lipinski definition) is 2. The standard InChI is InChI=1S/C22H14Cl2FN3O3S2/c23-13-5-10-16(18(24)11-13)20-12-32-22(26-20)27-21(29)17-3-1-2-4-19(17)28-33(30,31)15-8-6-14(25)7-9-15/h1-12,28H,(H,26,27,29). The predicted octanol–water partition coefficient (Wildman–Crippen LogP) is 6.31. The fraction of sp³-hybridized carbons (Fsp3) is 0. The number of carbonyl (C=O) groups is 1. The minimum Gasteiger partial charge on any atom is -0.298 e. The Morgan fingerprint density at radius 1 is 1.00 bits per heavy atom. The van der Waals surface area contributed by atoms with Gasteiger partial charge in [-0.15, -0.1) is 11.3 Å². The zero-order valence-corrected chi connectivity index (χ0v) is 19.7. The molecule has 4 rings (SSSR count). The number of benzene rings is 3. The Hall–Kier alpha value is -2.98. The first-order valence-corrected chi connectivity index (χ1v) is 12.4. The number of sulfonamides is 1. The lowest BCUT2D eigenvalue weighted by Gasteiger charge is -2.12. The highest BCUT2D eigenvalue weighted by molar-refractivity contribution is 7.92. The molecule has 0 spiro atoms. The van der Waals surface area contributed by atoms with Crippen LogP contribution in [-0.4, -0.2) is 19.3 Å². The Labute approximate surface area is 203 Å². The summed E-state index contributed by atoms with van der Waals surface area (Å²) in [6, 6.07) is 15.5. The summed E-state index contributed by atoms with van der Waals surface area (Å²) in [5, 5.41) is 5.62. The molecule has 0 aliphatic rings. The summed E-state index contributed by atoms with van der Waals surface area (Å²) < 4.78 is 40.8. The van der Waals surface area contributed by atoms with Crippen molar-refractivity contribution in [3.8, 4) is 11.3 Å². The molecule has 0 saturated carbocycles. The molecular formula is C22H14Cl2FN3O3S2. The molecule has 0 aliphatic heterocycles. The zero-order valence-electron chi connectivity index (χ0n) is 16.6. The van der Waals surface area contributed by atoms with E-state index in [1.165, 1.54) is 23.5 Å². The minimum atomic E-state index is -4.03. The molecule has 1 heterocycles. The maximum absolute atomic E-state index is 13.1. The van der Waals surface area contributed by atoms with Crippen molar-refractivity contribution in [1.29, 1.82) is 0 Å². The van der Waals surface area contributed by atoms with Gasteiger partial charge in [0.15, 0.2) is 5.13 Å². The molecule has 0 bridgehead atoms. The van der Waals surface area contributed by atoms with Crippen LogP contribution in [0.5, 0.6) is 0 Å². The number of nitrogens with one attached hydrogen (secondary N) is 2. The van der Waals surface area contributed by atoms with Crippen LogP contribution in [0.2, 0.25) is 10.0 Å². The third-order valence-corrected chi connectivity index (χ3v) is 7.16. The van der Waals surface area contributed by atoms with Gasteiger partial charge in [-0.3, -0.25) is 14.8 Å². The molecule has 0 radical (unpaired) electrons. The van der Waals surface area contributed by atoms with Crippen molar-refractivity contribution in [2.45, 2.75) is 4.90 Å². The maximum atomic E-state index is 13.1. The molecule has 0 atom stereocenters. The first-order chi connectivity index (χ1) is 15.7. The summed E-state index contributed by atoms with van der Waals surface area (Å²) in [5.74, 6) is -1.12. The van der Waals surface area contributed by atoms with Crippen LogP contribution in [0, 0.1) is 5.82 Å². The lowest BCUT2D eigenvalue weighted by Crippen LogP contribution is -2.18. The maximum Gasteiger partial charge on any atom is 0.261 e. The van der Waals surface area contributed by atoms with E-state index in [0.29, 0.717) is 26.4 Å². The first-order valence-electron chi connectivity index (χ1n) is 9.33. The van der Waals surface area contributed by atoms with E-state index in [1.807, 2.05) is 0 Å². The fourth-order valence-corrected chi connectivity index (χ4v) is 5.19. The lowest BCUT2D eigenvalue weighted by atomic mass is 10.2. The van der Waals surface area contributed by atoms with Crippen LogP contribution in [0.15, 0.2) is 77.0 Å². The number of hydrogen-bond acceptors (Lipinski definition) is 5. The number of anilines is 2. The van der Waals surface area contributed by atoms with Gasteiger partial charge in [-0.1, -0.05) is 35.3 Å². The van der Waals surface area contributed by atoms with Crippen LogP contribution in [0.25, 0.3) is 11.3 Å². The highest BCUT2D eigenvalue weighted by Gasteiger charge is 2.20. The Kier molecular flexibility index (Phi) is 6.66. The molecule has 3 aromatic carbocycles. The lowest BCUT2D eigenvalue weighted by molar-refractivity contribution is 0.102. The van der Waals surface area contributed by atoms with Crippen LogP contribution >= 0.6 is 34.5 Å². The monoisotopic (exact) mass is 521 g/mol. The molecule has 6 nitrogen and oxygen atoms in total. The molecule has 1 aromatic heterocycles. The molecule has 11 heteroatoms. The topological polar surface area (TPSA) is 88.2 Å². The third kappa shape index (κ3) is 5.33. The van der Waals surface area contributed by atoms with Crippen molar-refractivity contribution in [3.05, 3.63) is 93.5 Å². The van der Waals surface area contributed by atoms with Gasteiger partial charge in [0.25, 0.3) is 15.9 Å². The van der Waals surface area contributed by atoms with Gasteiger partial charge in [-0.25, -0.2) is 17.8 Å². The van der Waals surface area contributed by atoms with Gasteiger partial charge >= 0.3 is 0 Å². The van der Waals surface area contributed by atoms with Gasteiger partial charge in [0, 0.05) is 16.0 Å². The molecule has 4 aromatic rings. The second kappa shape index (κ2) is 9.48. The molecule has 0 aliphatic carbocycles. The van der Waals surface area contributed by atoms with Crippen LogP contribution in [0.4, 0.5) is 15.2 Å². The SMILES string of the molecule is O=C(Nc1nc(-c2ccc(Cl)cc2Cl)cs1)c1ccccc1NS(=O)(=O)c1ccc(F)cc1. The number of para-hydroxylation sites is 1. The van der Waals surface area contributed by atoms with Crippen molar-refractivity contribution in [2.24, 2.45) is 0 Å². The normalized spacial score (nSPS) is 11.2.